The molecule has 0 unspecified atom stereocenters. The molecule has 3 nitrogen and oxygen atoms in total. The Bertz CT molecular complexity index is 423. The van der Waals surface area contributed by atoms with Crippen LogP contribution in [0.4, 0.5) is 5.82 Å². The normalized spacial score (nSPS) is 10.4. The van der Waals surface area contributed by atoms with E-state index >= 15 is 0 Å². The van der Waals surface area contributed by atoms with Gasteiger partial charge >= 0.3 is 0 Å². The zero-order valence-corrected chi connectivity index (χ0v) is 6.78. The van der Waals surface area contributed by atoms with Crippen LogP contribution in [-0.2, 0) is 0 Å². The average molecular weight is 159 g/mol. The molecule has 3 heteroatoms. The van der Waals surface area contributed by atoms with Crippen LogP contribution in [0.25, 0.3) is 10.9 Å². The highest BCUT2D eigenvalue weighted by Crippen LogP contribution is 2.16. The SMILES string of the molecule is Cc1ccc2c(N)ncnc2c1. The van der Waals surface area contributed by atoms with Crippen molar-refractivity contribution in [2.45, 2.75) is 6.92 Å². The summed E-state index contributed by atoms with van der Waals surface area (Å²) < 4.78 is 0. The molecule has 0 amide bonds. The van der Waals surface area contributed by atoms with Gasteiger partial charge in [-0.05, 0) is 24.6 Å². The van der Waals surface area contributed by atoms with Crippen molar-refractivity contribution >= 4 is 16.7 Å². The first kappa shape index (κ1) is 7.03. The minimum atomic E-state index is 0.542. The Morgan fingerprint density at radius 2 is 2.08 bits per heavy atom. The molecular weight excluding hydrogens is 150 g/mol. The summed E-state index contributed by atoms with van der Waals surface area (Å²) in [7, 11) is 0. The van der Waals surface area contributed by atoms with Crippen LogP contribution in [0.3, 0.4) is 0 Å². The van der Waals surface area contributed by atoms with Gasteiger partial charge in [-0.1, -0.05) is 6.07 Å². The van der Waals surface area contributed by atoms with Gasteiger partial charge in [0.1, 0.15) is 12.1 Å². The zero-order chi connectivity index (χ0) is 8.55. The van der Waals surface area contributed by atoms with Crippen LogP contribution in [-0.4, -0.2) is 9.97 Å². The molecule has 60 valence electrons. The second-order valence-corrected chi connectivity index (χ2v) is 2.78. The summed E-state index contributed by atoms with van der Waals surface area (Å²) in [6, 6.07) is 5.94. The minimum absolute atomic E-state index is 0.542. The third-order valence-corrected chi connectivity index (χ3v) is 1.82. The first-order chi connectivity index (χ1) is 5.77. The number of hydrogen-bond acceptors (Lipinski definition) is 3. The quantitative estimate of drug-likeness (QED) is 0.634. The summed E-state index contributed by atoms with van der Waals surface area (Å²) in [5, 5.41) is 0.920. The van der Waals surface area contributed by atoms with Crippen molar-refractivity contribution in [1.82, 2.24) is 9.97 Å². The van der Waals surface area contributed by atoms with Gasteiger partial charge in [-0.15, -0.1) is 0 Å². The van der Waals surface area contributed by atoms with Gasteiger partial charge in [0, 0.05) is 5.39 Å². The standard InChI is InChI=1S/C9H9N3/c1-6-2-3-7-8(4-6)11-5-12-9(7)10/h2-5H,1H3,(H2,10,11,12). The van der Waals surface area contributed by atoms with Crippen LogP contribution in [0.1, 0.15) is 5.56 Å². The van der Waals surface area contributed by atoms with Crippen LogP contribution in [0, 0.1) is 6.92 Å². The highest BCUT2D eigenvalue weighted by Gasteiger charge is 1.98. The van der Waals surface area contributed by atoms with Gasteiger partial charge in [0.25, 0.3) is 0 Å². The molecule has 0 radical (unpaired) electrons. The summed E-state index contributed by atoms with van der Waals surface area (Å²) in [5.41, 5.74) is 7.74. The number of fused-ring (bicyclic) bond motifs is 1. The first-order valence-corrected chi connectivity index (χ1v) is 3.74. The predicted molar refractivity (Wildman–Crippen MR) is 48.7 cm³/mol. The number of hydrogen-bond donors (Lipinski definition) is 1. The lowest BCUT2D eigenvalue weighted by Crippen LogP contribution is -1.92. The Kier molecular flexibility index (Phi) is 1.43. The molecule has 12 heavy (non-hydrogen) atoms. The number of nitrogens with zero attached hydrogens (tertiary/aromatic N) is 2. The Morgan fingerprint density at radius 1 is 1.25 bits per heavy atom. The fraction of sp³-hybridized carbons (Fsp3) is 0.111. The Hall–Kier alpha value is -1.64. The van der Waals surface area contributed by atoms with Crippen molar-refractivity contribution in [2.75, 3.05) is 5.73 Å². The van der Waals surface area contributed by atoms with Gasteiger partial charge in [-0.25, -0.2) is 9.97 Å². The number of aryl methyl sites for hydroxylation is 1. The van der Waals surface area contributed by atoms with E-state index in [-0.39, 0.29) is 0 Å². The number of anilines is 1. The van der Waals surface area contributed by atoms with Gasteiger partial charge in [-0.3, -0.25) is 0 Å². The third-order valence-electron chi connectivity index (χ3n) is 1.82. The molecule has 2 aromatic rings. The monoisotopic (exact) mass is 159 g/mol. The molecule has 1 aromatic carbocycles. The van der Waals surface area contributed by atoms with E-state index in [4.69, 9.17) is 5.73 Å². The lowest BCUT2D eigenvalue weighted by Gasteiger charge is -1.99. The number of nitrogens with two attached hydrogens (primary N) is 1. The zero-order valence-electron chi connectivity index (χ0n) is 6.78. The molecule has 2 N–H and O–H groups in total. The second-order valence-electron chi connectivity index (χ2n) is 2.78. The van der Waals surface area contributed by atoms with Crippen LogP contribution in [0.5, 0.6) is 0 Å². The first-order valence-electron chi connectivity index (χ1n) is 3.74. The molecule has 0 aliphatic heterocycles. The summed E-state index contributed by atoms with van der Waals surface area (Å²) in [4.78, 5) is 8.02. The fourth-order valence-corrected chi connectivity index (χ4v) is 1.19. The molecule has 0 saturated carbocycles. The van der Waals surface area contributed by atoms with E-state index < -0.39 is 0 Å². The summed E-state index contributed by atoms with van der Waals surface area (Å²) >= 11 is 0. The Labute approximate surface area is 70.3 Å². The van der Waals surface area contributed by atoms with Crippen molar-refractivity contribution in [3.63, 3.8) is 0 Å². The molecular formula is C9H9N3. The van der Waals surface area contributed by atoms with E-state index in [9.17, 15) is 0 Å². The van der Waals surface area contributed by atoms with E-state index in [2.05, 4.69) is 9.97 Å². The minimum Gasteiger partial charge on any atom is -0.383 e. The van der Waals surface area contributed by atoms with Crippen LogP contribution >= 0.6 is 0 Å². The molecule has 0 atom stereocenters. The number of aromatic nitrogens is 2. The van der Waals surface area contributed by atoms with Gasteiger partial charge in [-0.2, -0.15) is 0 Å². The molecule has 0 spiro atoms. The highest BCUT2D eigenvalue weighted by atomic mass is 14.9. The van der Waals surface area contributed by atoms with Crippen LogP contribution in [0.15, 0.2) is 24.5 Å². The molecule has 0 aliphatic rings. The van der Waals surface area contributed by atoms with E-state index in [1.807, 2.05) is 25.1 Å². The Balaban J connectivity index is 2.86. The molecule has 0 bridgehead atoms. The van der Waals surface area contributed by atoms with Crippen molar-refractivity contribution in [3.8, 4) is 0 Å². The predicted octanol–water partition coefficient (Wildman–Crippen LogP) is 1.52. The molecule has 0 aliphatic carbocycles. The maximum Gasteiger partial charge on any atom is 0.134 e. The smallest absolute Gasteiger partial charge is 0.134 e. The van der Waals surface area contributed by atoms with Gasteiger partial charge in [0.05, 0.1) is 5.52 Å². The molecule has 1 aromatic heterocycles. The topological polar surface area (TPSA) is 51.8 Å². The van der Waals surface area contributed by atoms with Crippen molar-refractivity contribution in [3.05, 3.63) is 30.1 Å². The second kappa shape index (κ2) is 2.44. The van der Waals surface area contributed by atoms with E-state index in [0.717, 1.165) is 10.9 Å². The largest absolute Gasteiger partial charge is 0.383 e. The van der Waals surface area contributed by atoms with Crippen LogP contribution < -0.4 is 5.73 Å². The van der Waals surface area contributed by atoms with E-state index in [1.54, 1.807) is 0 Å². The van der Waals surface area contributed by atoms with Gasteiger partial charge < -0.3 is 5.73 Å². The molecule has 0 saturated heterocycles. The number of benzene rings is 1. The maximum absolute atomic E-state index is 5.66. The molecule has 2 rings (SSSR count). The van der Waals surface area contributed by atoms with Gasteiger partial charge in [0.2, 0.25) is 0 Å². The highest BCUT2D eigenvalue weighted by molar-refractivity contribution is 5.87. The lowest BCUT2D eigenvalue weighted by molar-refractivity contribution is 1.23. The number of rotatable bonds is 0. The fourth-order valence-electron chi connectivity index (χ4n) is 1.19. The summed E-state index contributed by atoms with van der Waals surface area (Å²) in [6.07, 6.45) is 1.48. The number of nitrogen functional groups attached to an aromatic ring is 1. The average Bonchev–Trinajstić information content (AvgIpc) is 2.04. The van der Waals surface area contributed by atoms with Crippen LogP contribution in [0.2, 0.25) is 0 Å². The Morgan fingerprint density at radius 3 is 2.92 bits per heavy atom. The summed E-state index contributed by atoms with van der Waals surface area (Å²) in [5.74, 6) is 0.542. The van der Waals surface area contributed by atoms with Gasteiger partial charge in [0.15, 0.2) is 0 Å². The molecule has 0 fully saturated rings. The van der Waals surface area contributed by atoms with Crippen molar-refractivity contribution in [2.24, 2.45) is 0 Å². The summed E-state index contributed by atoms with van der Waals surface area (Å²) in [6.45, 7) is 2.03. The third kappa shape index (κ3) is 0.993. The lowest BCUT2D eigenvalue weighted by atomic mass is 10.2. The van der Waals surface area contributed by atoms with Crippen molar-refractivity contribution in [1.29, 1.82) is 0 Å². The molecule has 1 heterocycles. The van der Waals surface area contributed by atoms with Crippen molar-refractivity contribution < 1.29 is 0 Å². The maximum atomic E-state index is 5.66. The van der Waals surface area contributed by atoms with E-state index in [1.165, 1.54) is 11.9 Å². The van der Waals surface area contributed by atoms with E-state index in [0.29, 0.717) is 5.82 Å².